The van der Waals surface area contributed by atoms with Crippen LogP contribution >= 0.6 is 0 Å². The first-order valence-electron chi connectivity index (χ1n) is 13.9. The van der Waals surface area contributed by atoms with Crippen LogP contribution in [0.1, 0.15) is 62.7 Å². The Hall–Kier alpha value is -3.47. The van der Waals surface area contributed by atoms with E-state index in [0.29, 0.717) is 17.9 Å². The van der Waals surface area contributed by atoms with Crippen molar-refractivity contribution in [3.8, 4) is 0 Å². The Bertz CT molecular complexity index is 1320. The number of unbranched alkanes of at least 4 members (excludes halogenated alkanes) is 3. The molecule has 0 unspecified atom stereocenters. The van der Waals surface area contributed by atoms with E-state index in [0.717, 1.165) is 56.1 Å². The predicted octanol–water partition coefficient (Wildman–Crippen LogP) is 4.98. The number of aliphatic hydroxyl groups is 1. The van der Waals surface area contributed by atoms with Gasteiger partial charge in [0.1, 0.15) is 0 Å². The molecule has 9 nitrogen and oxygen atoms in total. The van der Waals surface area contributed by atoms with E-state index in [-0.39, 0.29) is 23.0 Å². The standard InChI is InChI=1S/C30H39N5O4S/c1-2-3-4-5-19-32-30(37)34-24-12-15-27(16-13-24)40(38,39)35-25-10-8-22(9-11-25)20-26-14-17-28(33-26)29(36)23-7-6-18-31-21-23/h6-13,15-16,18,21,26,28-29,33,35-36H,2-5,14,17,19-20H2,1H3,(H2,32,34,37)/t26-,28+,29+/m0/s1. The number of carbonyl (C=O) groups is 1. The fraction of sp³-hybridized carbons (Fsp3) is 0.400. The molecule has 0 radical (unpaired) electrons. The number of benzene rings is 2. The number of nitrogens with one attached hydrogen (secondary N) is 4. The summed E-state index contributed by atoms with van der Waals surface area (Å²) in [5, 5.41) is 19.7. The maximum atomic E-state index is 12.9. The van der Waals surface area contributed by atoms with Crippen molar-refractivity contribution in [3.63, 3.8) is 0 Å². The lowest BCUT2D eigenvalue weighted by molar-refractivity contribution is 0.135. The highest BCUT2D eigenvalue weighted by Gasteiger charge is 2.30. The van der Waals surface area contributed by atoms with Gasteiger partial charge in [-0.2, -0.15) is 0 Å². The molecule has 4 rings (SSSR count). The first-order chi connectivity index (χ1) is 19.3. The number of aliphatic hydroxyl groups excluding tert-OH is 1. The summed E-state index contributed by atoms with van der Waals surface area (Å²) >= 11 is 0. The Kier molecular flexibility index (Phi) is 10.5. The third-order valence-corrected chi connectivity index (χ3v) is 8.51. The Balaban J connectivity index is 1.25. The largest absolute Gasteiger partial charge is 0.387 e. The molecule has 1 fully saturated rings. The molecule has 3 atom stereocenters. The number of urea groups is 1. The summed E-state index contributed by atoms with van der Waals surface area (Å²) in [5.74, 6) is 0. The molecule has 1 saturated heterocycles. The number of aromatic nitrogens is 1. The topological polar surface area (TPSA) is 132 Å². The van der Waals surface area contributed by atoms with Gasteiger partial charge in [0.15, 0.2) is 0 Å². The van der Waals surface area contributed by atoms with Gasteiger partial charge in [-0.05, 0) is 73.7 Å². The van der Waals surface area contributed by atoms with E-state index in [4.69, 9.17) is 0 Å². The van der Waals surface area contributed by atoms with Crippen LogP contribution in [0.3, 0.4) is 0 Å². The van der Waals surface area contributed by atoms with Crippen LogP contribution in [0.25, 0.3) is 0 Å². The highest BCUT2D eigenvalue weighted by Crippen LogP contribution is 2.27. The van der Waals surface area contributed by atoms with E-state index in [1.807, 2.05) is 24.3 Å². The molecule has 2 amide bonds. The molecule has 0 saturated carbocycles. The molecule has 0 aliphatic carbocycles. The second-order valence-electron chi connectivity index (χ2n) is 10.3. The third-order valence-electron chi connectivity index (χ3n) is 7.11. The van der Waals surface area contributed by atoms with Crippen molar-refractivity contribution in [1.29, 1.82) is 0 Å². The van der Waals surface area contributed by atoms with Crippen LogP contribution in [0.4, 0.5) is 16.2 Å². The average molecular weight is 566 g/mol. The van der Waals surface area contributed by atoms with Gasteiger partial charge in [-0.25, -0.2) is 13.2 Å². The minimum atomic E-state index is -3.78. The Morgan fingerprint density at radius 2 is 1.77 bits per heavy atom. The van der Waals surface area contributed by atoms with Gasteiger partial charge < -0.3 is 21.1 Å². The summed E-state index contributed by atoms with van der Waals surface area (Å²) in [6.45, 7) is 2.74. The summed E-state index contributed by atoms with van der Waals surface area (Å²) in [6.07, 6.45) is 9.69. The predicted molar refractivity (Wildman–Crippen MR) is 158 cm³/mol. The van der Waals surface area contributed by atoms with Gasteiger partial charge >= 0.3 is 6.03 Å². The second kappa shape index (κ2) is 14.2. The van der Waals surface area contributed by atoms with Gasteiger partial charge in [-0.15, -0.1) is 0 Å². The van der Waals surface area contributed by atoms with Crippen molar-refractivity contribution < 1.29 is 18.3 Å². The molecule has 0 bridgehead atoms. The van der Waals surface area contributed by atoms with Crippen LogP contribution < -0.4 is 20.7 Å². The highest BCUT2D eigenvalue weighted by atomic mass is 32.2. The van der Waals surface area contributed by atoms with Crippen molar-refractivity contribution in [2.24, 2.45) is 0 Å². The molecule has 1 aliphatic rings. The van der Waals surface area contributed by atoms with Crippen molar-refractivity contribution in [1.82, 2.24) is 15.6 Å². The summed E-state index contributed by atoms with van der Waals surface area (Å²) in [6, 6.07) is 17.0. The lowest BCUT2D eigenvalue weighted by Crippen LogP contribution is -2.35. The number of hydrogen-bond acceptors (Lipinski definition) is 6. The summed E-state index contributed by atoms with van der Waals surface area (Å²) in [4.78, 5) is 16.2. The number of hydrogen-bond donors (Lipinski definition) is 5. The fourth-order valence-corrected chi connectivity index (χ4v) is 5.96. The van der Waals surface area contributed by atoms with Gasteiger partial charge in [-0.1, -0.05) is 44.4 Å². The van der Waals surface area contributed by atoms with Crippen LogP contribution in [0.15, 0.2) is 78.0 Å². The summed E-state index contributed by atoms with van der Waals surface area (Å²) in [5.41, 5.74) is 2.88. The van der Waals surface area contributed by atoms with E-state index in [1.165, 1.54) is 12.1 Å². The molecule has 2 aromatic carbocycles. The number of sulfonamides is 1. The zero-order valence-corrected chi connectivity index (χ0v) is 23.7. The van der Waals surface area contributed by atoms with E-state index in [9.17, 15) is 18.3 Å². The molecule has 2 heterocycles. The SMILES string of the molecule is CCCCCCNC(=O)Nc1ccc(S(=O)(=O)Nc2ccc(C[C@@H]3CC[C@H]([C@H](O)c4cccnc4)N3)cc2)cc1. The number of nitrogens with zero attached hydrogens (tertiary/aromatic N) is 1. The van der Waals surface area contributed by atoms with Gasteiger partial charge in [0.25, 0.3) is 10.0 Å². The van der Waals surface area contributed by atoms with Gasteiger partial charge in [0.2, 0.25) is 0 Å². The second-order valence-corrected chi connectivity index (χ2v) is 11.9. The lowest BCUT2D eigenvalue weighted by Gasteiger charge is -2.20. The molecule has 3 aromatic rings. The van der Waals surface area contributed by atoms with Gasteiger partial charge in [-0.3, -0.25) is 9.71 Å². The number of amides is 2. The van der Waals surface area contributed by atoms with Crippen molar-refractivity contribution in [3.05, 3.63) is 84.2 Å². The summed E-state index contributed by atoms with van der Waals surface area (Å²) in [7, 11) is -3.78. The molecule has 0 spiro atoms. The minimum absolute atomic E-state index is 0.0215. The van der Waals surface area contributed by atoms with E-state index < -0.39 is 16.1 Å². The molecule has 1 aliphatic heterocycles. The maximum Gasteiger partial charge on any atom is 0.319 e. The molecular formula is C30H39N5O4S. The van der Waals surface area contributed by atoms with Crippen molar-refractivity contribution in [2.45, 2.75) is 75.0 Å². The number of carbonyl (C=O) groups excluding carboxylic acids is 1. The monoisotopic (exact) mass is 565 g/mol. The number of rotatable bonds is 13. The Labute approximate surface area is 236 Å². The maximum absolute atomic E-state index is 12.9. The van der Waals surface area contributed by atoms with Crippen molar-refractivity contribution in [2.75, 3.05) is 16.6 Å². The van der Waals surface area contributed by atoms with Gasteiger partial charge in [0.05, 0.1) is 11.0 Å². The fourth-order valence-electron chi connectivity index (χ4n) is 4.90. The van der Waals surface area contributed by atoms with Crippen LogP contribution in [-0.4, -0.2) is 43.2 Å². The lowest BCUT2D eigenvalue weighted by atomic mass is 10.0. The molecule has 1 aromatic heterocycles. The third kappa shape index (κ3) is 8.51. The number of anilines is 2. The first kappa shape index (κ1) is 29.5. The van der Waals surface area contributed by atoms with Crippen LogP contribution in [-0.2, 0) is 16.4 Å². The zero-order chi connectivity index (χ0) is 28.4. The highest BCUT2D eigenvalue weighted by molar-refractivity contribution is 7.92. The van der Waals surface area contributed by atoms with Crippen LogP contribution in [0.2, 0.25) is 0 Å². The Morgan fingerprint density at radius 1 is 1.02 bits per heavy atom. The Morgan fingerprint density at radius 3 is 2.48 bits per heavy atom. The molecule has 40 heavy (non-hydrogen) atoms. The normalized spacial score (nSPS) is 17.8. The van der Waals surface area contributed by atoms with E-state index in [1.54, 1.807) is 36.7 Å². The van der Waals surface area contributed by atoms with E-state index >= 15 is 0 Å². The van der Waals surface area contributed by atoms with Crippen molar-refractivity contribution >= 4 is 27.4 Å². The average Bonchev–Trinajstić information content (AvgIpc) is 3.42. The van der Waals surface area contributed by atoms with E-state index in [2.05, 4.69) is 32.6 Å². The minimum Gasteiger partial charge on any atom is -0.387 e. The quantitative estimate of drug-likeness (QED) is 0.186. The smallest absolute Gasteiger partial charge is 0.319 e. The first-order valence-corrected chi connectivity index (χ1v) is 15.4. The molecular weight excluding hydrogens is 526 g/mol. The zero-order valence-electron chi connectivity index (χ0n) is 22.8. The van der Waals surface area contributed by atoms with Gasteiger partial charge in [0, 0.05) is 48.0 Å². The molecule has 214 valence electrons. The molecule has 10 heteroatoms. The van der Waals surface area contributed by atoms with Crippen LogP contribution in [0, 0.1) is 0 Å². The molecule has 5 N–H and O–H groups in total. The summed E-state index contributed by atoms with van der Waals surface area (Å²) < 4.78 is 28.4. The number of pyridine rings is 1. The van der Waals surface area contributed by atoms with Crippen LogP contribution in [0.5, 0.6) is 0 Å².